The van der Waals surface area contributed by atoms with Crippen molar-refractivity contribution in [2.24, 2.45) is 0 Å². The zero-order chi connectivity index (χ0) is 22.9. The van der Waals surface area contributed by atoms with E-state index in [0.717, 1.165) is 12.8 Å². The molecule has 2 aromatic carbocycles. The van der Waals surface area contributed by atoms with E-state index in [4.69, 9.17) is 4.43 Å². The summed E-state index contributed by atoms with van der Waals surface area (Å²) in [5, 5.41) is 10.5. The van der Waals surface area contributed by atoms with Crippen molar-refractivity contribution in [3.8, 4) is 0 Å². The molecule has 3 nitrogen and oxygen atoms in total. The van der Waals surface area contributed by atoms with E-state index in [1.54, 1.807) is 0 Å². The summed E-state index contributed by atoms with van der Waals surface area (Å²) in [6.45, 7) is 18.5. The first kappa shape index (κ1) is 24.2. The van der Waals surface area contributed by atoms with E-state index < -0.39 is 8.32 Å². The monoisotopic (exact) mass is 438 g/mol. The molecule has 170 valence electrons. The van der Waals surface area contributed by atoms with Crippen LogP contribution in [0, 0.1) is 0 Å². The second-order valence-corrected chi connectivity index (χ2v) is 14.9. The Bertz CT molecular complexity index is 793. The van der Waals surface area contributed by atoms with Crippen molar-refractivity contribution in [3.63, 3.8) is 0 Å². The first-order valence-corrected chi connectivity index (χ1v) is 13.8. The molecule has 0 radical (unpaired) electrons. The van der Waals surface area contributed by atoms with Crippen LogP contribution in [0.25, 0.3) is 0 Å². The molecule has 0 bridgehead atoms. The van der Waals surface area contributed by atoms with Crippen molar-refractivity contribution in [2.75, 3.05) is 0 Å². The Balaban J connectivity index is 2.06. The molecular weight excluding hydrogens is 396 g/mol. The van der Waals surface area contributed by atoms with Gasteiger partial charge < -0.3 is 4.43 Å². The molecule has 0 amide bonds. The largest absolute Gasteiger partial charge is 0.402 e. The lowest BCUT2D eigenvalue weighted by atomic mass is 9.77. The molecule has 31 heavy (non-hydrogen) atoms. The molecule has 1 aliphatic rings. The fourth-order valence-electron chi connectivity index (χ4n) is 5.30. The van der Waals surface area contributed by atoms with E-state index in [-0.39, 0.29) is 28.4 Å². The van der Waals surface area contributed by atoms with Gasteiger partial charge in [-0.1, -0.05) is 95.3 Å². The summed E-state index contributed by atoms with van der Waals surface area (Å²) in [4.78, 5) is 0. The van der Waals surface area contributed by atoms with Crippen molar-refractivity contribution in [3.05, 3.63) is 60.7 Å². The Labute approximate surface area is 191 Å². The molecule has 0 aromatic heterocycles. The lowest BCUT2D eigenvalue weighted by molar-refractivity contribution is 0.149. The zero-order valence-electron chi connectivity index (χ0n) is 20.8. The van der Waals surface area contributed by atoms with Crippen LogP contribution in [0.1, 0.15) is 68.2 Å². The van der Waals surface area contributed by atoms with Gasteiger partial charge in [-0.15, -0.1) is 0 Å². The van der Waals surface area contributed by atoms with Crippen LogP contribution in [0.3, 0.4) is 0 Å². The molecule has 1 heterocycles. The maximum Gasteiger partial charge on any atom is 0.261 e. The molecule has 4 heteroatoms. The van der Waals surface area contributed by atoms with Gasteiger partial charge in [0.1, 0.15) is 0 Å². The molecule has 2 aromatic rings. The summed E-state index contributed by atoms with van der Waals surface area (Å²) < 4.78 is 7.35. The van der Waals surface area contributed by atoms with Gasteiger partial charge in [-0.05, 0) is 49.0 Å². The maximum atomic E-state index is 7.35. The molecule has 3 atom stereocenters. The molecule has 0 spiro atoms. The fourth-order valence-corrected chi connectivity index (χ4v) is 10.0. The van der Waals surface area contributed by atoms with Gasteiger partial charge in [0.2, 0.25) is 0 Å². The second kappa shape index (κ2) is 8.82. The van der Waals surface area contributed by atoms with Crippen LogP contribution in [-0.4, -0.2) is 31.7 Å². The molecule has 1 fully saturated rings. The Morgan fingerprint density at radius 3 is 1.55 bits per heavy atom. The predicted molar refractivity (Wildman–Crippen MR) is 136 cm³/mol. The lowest BCUT2D eigenvalue weighted by Gasteiger charge is -2.45. The van der Waals surface area contributed by atoms with Crippen molar-refractivity contribution in [2.45, 2.75) is 96.6 Å². The standard InChI is InChI=1S/C27H42N2OSi/c1-9-26(7)27(8,10-2)29-24(28-26)21(3)30-31(25(4,5)6,22-17-13-11-14-18-22)23-19-15-12-16-20-23/h11-21,24,28-29H,9-10H2,1-8H3/t21-,26-,27-/m0/s1. The van der Waals surface area contributed by atoms with Crippen molar-refractivity contribution >= 4 is 18.7 Å². The van der Waals surface area contributed by atoms with Crippen LogP contribution < -0.4 is 21.0 Å². The van der Waals surface area contributed by atoms with Gasteiger partial charge in [0.25, 0.3) is 8.32 Å². The summed E-state index contributed by atoms with van der Waals surface area (Å²) in [6, 6.07) is 21.8. The Hall–Kier alpha value is -1.46. The number of nitrogens with one attached hydrogen (secondary N) is 2. The van der Waals surface area contributed by atoms with Crippen LogP contribution in [-0.2, 0) is 4.43 Å². The highest BCUT2D eigenvalue weighted by atomic mass is 28.4. The minimum absolute atomic E-state index is 0.0190. The van der Waals surface area contributed by atoms with E-state index in [2.05, 4.69) is 127 Å². The van der Waals surface area contributed by atoms with E-state index in [1.807, 2.05) is 0 Å². The molecule has 0 unspecified atom stereocenters. The smallest absolute Gasteiger partial charge is 0.261 e. The van der Waals surface area contributed by atoms with Gasteiger partial charge in [-0.3, -0.25) is 10.6 Å². The predicted octanol–water partition coefficient (Wildman–Crippen LogP) is 4.81. The Morgan fingerprint density at radius 2 is 1.23 bits per heavy atom. The van der Waals surface area contributed by atoms with E-state index in [9.17, 15) is 0 Å². The fraction of sp³-hybridized carbons (Fsp3) is 0.556. The lowest BCUT2D eigenvalue weighted by Crippen LogP contribution is -2.69. The summed E-state index contributed by atoms with van der Waals surface area (Å²) in [5.41, 5.74) is 0.0744. The highest BCUT2D eigenvalue weighted by molar-refractivity contribution is 6.99. The third-order valence-electron chi connectivity index (χ3n) is 7.83. The van der Waals surface area contributed by atoms with Gasteiger partial charge in [-0.25, -0.2) is 0 Å². The SMILES string of the molecule is CC[C@]1(C)NC([C@H](C)O[Si](c2ccccc2)(c2ccccc2)C(C)(C)C)N[C@@]1(C)CC. The highest BCUT2D eigenvalue weighted by Crippen LogP contribution is 2.39. The average molecular weight is 439 g/mol. The molecule has 0 saturated carbocycles. The normalized spacial score (nSPS) is 26.2. The van der Waals surface area contributed by atoms with Crippen LogP contribution in [0.15, 0.2) is 60.7 Å². The van der Waals surface area contributed by atoms with Gasteiger partial charge in [0.05, 0.1) is 12.3 Å². The van der Waals surface area contributed by atoms with Crippen molar-refractivity contribution < 1.29 is 4.43 Å². The van der Waals surface area contributed by atoms with Crippen molar-refractivity contribution in [1.29, 1.82) is 0 Å². The summed E-state index contributed by atoms with van der Waals surface area (Å²) in [5.74, 6) is 0. The van der Waals surface area contributed by atoms with Crippen LogP contribution in [0.4, 0.5) is 0 Å². The van der Waals surface area contributed by atoms with Crippen LogP contribution in [0.2, 0.25) is 5.04 Å². The summed E-state index contributed by atoms with van der Waals surface area (Å²) in [7, 11) is -2.57. The Kier molecular flexibility index (Phi) is 6.88. The first-order chi connectivity index (χ1) is 14.5. The average Bonchev–Trinajstić information content (AvgIpc) is 3.04. The summed E-state index contributed by atoms with van der Waals surface area (Å²) in [6.07, 6.45) is 2.28. The van der Waals surface area contributed by atoms with Crippen molar-refractivity contribution in [1.82, 2.24) is 10.6 Å². The second-order valence-electron chi connectivity index (χ2n) is 10.6. The van der Waals surface area contributed by atoms with Gasteiger partial charge in [-0.2, -0.15) is 0 Å². The zero-order valence-corrected chi connectivity index (χ0v) is 21.8. The number of rotatable bonds is 7. The van der Waals surface area contributed by atoms with Gasteiger partial charge in [0.15, 0.2) is 0 Å². The van der Waals surface area contributed by atoms with E-state index in [0.29, 0.717) is 0 Å². The minimum Gasteiger partial charge on any atom is -0.402 e. The highest BCUT2D eigenvalue weighted by Gasteiger charge is 2.55. The van der Waals surface area contributed by atoms with Gasteiger partial charge >= 0.3 is 0 Å². The Morgan fingerprint density at radius 1 is 0.839 bits per heavy atom. The molecule has 0 aliphatic carbocycles. The molecule has 1 aliphatic heterocycles. The first-order valence-electron chi connectivity index (χ1n) is 11.9. The minimum atomic E-state index is -2.57. The molecular formula is C27H42N2OSi. The number of hydrogen-bond acceptors (Lipinski definition) is 3. The topological polar surface area (TPSA) is 33.3 Å². The number of hydrogen-bond donors (Lipinski definition) is 2. The number of benzene rings is 2. The van der Waals surface area contributed by atoms with Crippen LogP contribution >= 0.6 is 0 Å². The quantitative estimate of drug-likeness (QED) is 0.609. The summed E-state index contributed by atoms with van der Waals surface area (Å²) >= 11 is 0. The van der Waals surface area contributed by atoms with E-state index >= 15 is 0 Å². The third-order valence-corrected chi connectivity index (χ3v) is 13.0. The molecule has 3 rings (SSSR count). The van der Waals surface area contributed by atoms with E-state index in [1.165, 1.54) is 10.4 Å². The molecule has 2 N–H and O–H groups in total. The van der Waals surface area contributed by atoms with Gasteiger partial charge in [0, 0.05) is 11.1 Å². The molecule has 1 saturated heterocycles. The third kappa shape index (κ3) is 4.16. The maximum absolute atomic E-state index is 7.35. The van der Waals surface area contributed by atoms with Crippen LogP contribution in [0.5, 0.6) is 0 Å².